The Morgan fingerprint density at radius 2 is 2.22 bits per heavy atom. The van der Waals surface area contributed by atoms with Crippen molar-refractivity contribution in [3.8, 4) is 22.9 Å². The van der Waals surface area contributed by atoms with E-state index in [1.165, 1.54) is 7.11 Å². The Labute approximate surface area is 155 Å². The summed E-state index contributed by atoms with van der Waals surface area (Å²) in [4.78, 5) is 4.57. The molecule has 1 aromatic carbocycles. The van der Waals surface area contributed by atoms with E-state index in [0.29, 0.717) is 30.6 Å². The van der Waals surface area contributed by atoms with Crippen molar-refractivity contribution in [1.29, 1.82) is 0 Å². The van der Waals surface area contributed by atoms with E-state index in [9.17, 15) is 5.11 Å². The molecule has 0 saturated carbocycles. The Bertz CT molecular complexity index is 936. The van der Waals surface area contributed by atoms with E-state index in [4.69, 9.17) is 14.0 Å². The molecule has 1 aliphatic rings. The van der Waals surface area contributed by atoms with Crippen LogP contribution in [0.25, 0.3) is 11.4 Å². The number of aromatic nitrogens is 5. The van der Waals surface area contributed by atoms with E-state index in [1.807, 2.05) is 4.68 Å². The van der Waals surface area contributed by atoms with E-state index in [-0.39, 0.29) is 11.7 Å². The lowest BCUT2D eigenvalue weighted by atomic mass is 9.89. The predicted octanol–water partition coefficient (Wildman–Crippen LogP) is 1.96. The minimum Gasteiger partial charge on any atom is -0.504 e. The molecule has 9 nitrogen and oxygen atoms in total. The van der Waals surface area contributed by atoms with Gasteiger partial charge in [-0.05, 0) is 31.0 Å². The highest BCUT2D eigenvalue weighted by atomic mass is 16.5. The van der Waals surface area contributed by atoms with Gasteiger partial charge >= 0.3 is 0 Å². The normalized spacial score (nSPS) is 16.3. The Hall–Kier alpha value is -2.94. The minimum absolute atomic E-state index is 0.0709. The van der Waals surface area contributed by atoms with Crippen LogP contribution >= 0.6 is 0 Å². The molecule has 1 aliphatic carbocycles. The van der Waals surface area contributed by atoms with Crippen LogP contribution < -0.4 is 4.74 Å². The second-order valence-corrected chi connectivity index (χ2v) is 6.48. The summed E-state index contributed by atoms with van der Waals surface area (Å²) in [6, 6.07) is 4.97. The van der Waals surface area contributed by atoms with E-state index in [0.717, 1.165) is 36.2 Å². The standard InChI is InChI=1S/C18H21N5O4/c1-25-8-7-23-14-9-12(3-5-13(14)20-22-23)18-19-17(21-27-18)11-4-6-15(24)16(10-11)26-2/h4,6,10,12,24H,3,5,7-9H2,1-2H3. The van der Waals surface area contributed by atoms with Gasteiger partial charge in [-0.3, -0.25) is 0 Å². The molecular formula is C18H21N5O4. The van der Waals surface area contributed by atoms with Gasteiger partial charge in [-0.15, -0.1) is 5.10 Å². The molecule has 0 aliphatic heterocycles. The Morgan fingerprint density at radius 1 is 1.33 bits per heavy atom. The van der Waals surface area contributed by atoms with Crippen molar-refractivity contribution in [3.05, 3.63) is 35.5 Å². The highest BCUT2D eigenvalue weighted by Gasteiger charge is 2.29. The monoisotopic (exact) mass is 371 g/mol. The third-order valence-electron chi connectivity index (χ3n) is 4.82. The number of fused-ring (bicyclic) bond motifs is 1. The highest BCUT2D eigenvalue weighted by Crippen LogP contribution is 2.34. The molecule has 3 aromatic rings. The van der Waals surface area contributed by atoms with E-state index in [2.05, 4.69) is 20.5 Å². The fourth-order valence-corrected chi connectivity index (χ4v) is 3.34. The van der Waals surface area contributed by atoms with Crippen LogP contribution in [0.5, 0.6) is 11.5 Å². The van der Waals surface area contributed by atoms with Gasteiger partial charge in [-0.25, -0.2) is 4.68 Å². The first-order valence-electron chi connectivity index (χ1n) is 8.80. The Morgan fingerprint density at radius 3 is 3.04 bits per heavy atom. The van der Waals surface area contributed by atoms with Gasteiger partial charge in [0.25, 0.3) is 0 Å². The molecule has 0 amide bonds. The van der Waals surface area contributed by atoms with Gasteiger partial charge in [0.1, 0.15) is 0 Å². The number of nitrogens with zero attached hydrogens (tertiary/aromatic N) is 5. The molecule has 0 saturated heterocycles. The maximum Gasteiger partial charge on any atom is 0.230 e. The smallest absolute Gasteiger partial charge is 0.230 e. The molecule has 2 aromatic heterocycles. The van der Waals surface area contributed by atoms with Crippen LogP contribution in [0, 0.1) is 0 Å². The molecule has 9 heteroatoms. The summed E-state index contributed by atoms with van der Waals surface area (Å²) in [6.45, 7) is 1.27. The van der Waals surface area contributed by atoms with Crippen molar-refractivity contribution in [3.63, 3.8) is 0 Å². The first-order chi connectivity index (χ1) is 13.2. The van der Waals surface area contributed by atoms with Gasteiger partial charge < -0.3 is 19.1 Å². The topological polar surface area (TPSA) is 108 Å². The number of ether oxygens (including phenoxy) is 2. The van der Waals surface area contributed by atoms with Crippen LogP contribution in [-0.2, 0) is 24.1 Å². The lowest BCUT2D eigenvalue weighted by Gasteiger charge is -2.19. The van der Waals surface area contributed by atoms with Crippen LogP contribution in [0.15, 0.2) is 22.7 Å². The number of phenols is 1. The molecule has 0 spiro atoms. The van der Waals surface area contributed by atoms with E-state index in [1.54, 1.807) is 25.3 Å². The largest absolute Gasteiger partial charge is 0.504 e. The van der Waals surface area contributed by atoms with Gasteiger partial charge in [0, 0.05) is 25.0 Å². The van der Waals surface area contributed by atoms with Gasteiger partial charge in [-0.2, -0.15) is 4.98 Å². The molecule has 0 bridgehead atoms. The van der Waals surface area contributed by atoms with Crippen molar-refractivity contribution in [2.75, 3.05) is 20.8 Å². The summed E-state index contributed by atoms with van der Waals surface area (Å²) in [5.74, 6) is 1.63. The summed E-state index contributed by atoms with van der Waals surface area (Å²) in [5, 5.41) is 22.3. The summed E-state index contributed by atoms with van der Waals surface area (Å²) < 4.78 is 17.7. The fraction of sp³-hybridized carbons (Fsp3) is 0.444. The number of methoxy groups -OCH3 is 2. The van der Waals surface area contributed by atoms with Crippen molar-refractivity contribution in [2.24, 2.45) is 0 Å². The number of aromatic hydroxyl groups is 1. The van der Waals surface area contributed by atoms with Crippen LogP contribution in [0.4, 0.5) is 0 Å². The maximum atomic E-state index is 9.74. The Kier molecular flexibility index (Phi) is 4.76. The minimum atomic E-state index is 0.0709. The quantitative estimate of drug-likeness (QED) is 0.700. The van der Waals surface area contributed by atoms with Gasteiger partial charge in [0.2, 0.25) is 11.7 Å². The molecule has 1 unspecified atom stereocenters. The molecule has 1 N–H and O–H groups in total. The van der Waals surface area contributed by atoms with Gasteiger partial charge in [-0.1, -0.05) is 10.4 Å². The van der Waals surface area contributed by atoms with Crippen LogP contribution in [-0.4, -0.2) is 51.1 Å². The zero-order chi connectivity index (χ0) is 18.8. The number of aryl methyl sites for hydroxylation is 1. The summed E-state index contributed by atoms with van der Waals surface area (Å²) in [6.07, 6.45) is 2.47. The Balaban J connectivity index is 1.55. The third-order valence-corrected chi connectivity index (χ3v) is 4.82. The van der Waals surface area contributed by atoms with Crippen LogP contribution in [0.1, 0.15) is 29.6 Å². The van der Waals surface area contributed by atoms with Crippen molar-refractivity contribution >= 4 is 0 Å². The molecule has 142 valence electrons. The number of hydrogen-bond acceptors (Lipinski definition) is 8. The summed E-state index contributed by atoms with van der Waals surface area (Å²) in [7, 11) is 3.17. The second-order valence-electron chi connectivity index (χ2n) is 6.48. The molecule has 4 rings (SSSR count). The SMILES string of the molecule is COCCn1nnc2c1CC(c1nc(-c3ccc(O)c(OC)c3)no1)CC2. The lowest BCUT2D eigenvalue weighted by molar-refractivity contribution is 0.181. The number of hydrogen-bond donors (Lipinski definition) is 1. The van der Waals surface area contributed by atoms with Gasteiger partial charge in [0.05, 0.1) is 31.6 Å². The lowest BCUT2D eigenvalue weighted by Crippen LogP contribution is -2.18. The van der Waals surface area contributed by atoms with Crippen molar-refractivity contribution in [1.82, 2.24) is 25.1 Å². The third kappa shape index (κ3) is 3.37. The van der Waals surface area contributed by atoms with E-state index < -0.39 is 0 Å². The fourth-order valence-electron chi connectivity index (χ4n) is 3.34. The summed E-state index contributed by atoms with van der Waals surface area (Å²) >= 11 is 0. The molecule has 0 fully saturated rings. The molecule has 27 heavy (non-hydrogen) atoms. The molecule has 2 heterocycles. The number of rotatable bonds is 6. The van der Waals surface area contributed by atoms with Crippen LogP contribution in [0.2, 0.25) is 0 Å². The first kappa shape index (κ1) is 17.5. The molecular weight excluding hydrogens is 350 g/mol. The number of benzene rings is 1. The highest BCUT2D eigenvalue weighted by molar-refractivity contribution is 5.60. The maximum absolute atomic E-state index is 9.74. The number of phenolic OH excluding ortho intramolecular Hbond substituents is 1. The molecule has 1 atom stereocenters. The van der Waals surface area contributed by atoms with Crippen LogP contribution in [0.3, 0.4) is 0 Å². The van der Waals surface area contributed by atoms with Gasteiger partial charge in [0.15, 0.2) is 11.5 Å². The van der Waals surface area contributed by atoms with E-state index >= 15 is 0 Å². The molecule has 0 radical (unpaired) electrons. The summed E-state index contributed by atoms with van der Waals surface area (Å²) in [5.41, 5.74) is 2.86. The average molecular weight is 371 g/mol. The zero-order valence-electron chi connectivity index (χ0n) is 15.3. The predicted molar refractivity (Wildman–Crippen MR) is 94.6 cm³/mol. The average Bonchev–Trinajstić information content (AvgIpc) is 3.33. The first-order valence-corrected chi connectivity index (χ1v) is 8.80. The zero-order valence-corrected chi connectivity index (χ0v) is 15.3. The van der Waals surface area contributed by atoms with Crippen molar-refractivity contribution < 1.29 is 19.1 Å². The second kappa shape index (κ2) is 7.36. The van der Waals surface area contributed by atoms with Crippen molar-refractivity contribution in [2.45, 2.75) is 31.7 Å².